The third-order valence-electron chi connectivity index (χ3n) is 6.67. The summed E-state index contributed by atoms with van der Waals surface area (Å²) in [5.41, 5.74) is 1.20. The number of allylic oxidation sites excluding steroid dienone is 2. The summed E-state index contributed by atoms with van der Waals surface area (Å²) in [6.07, 6.45) is 5.21. The number of nitrogens with one attached hydrogen (secondary N) is 2. The average Bonchev–Trinajstić information content (AvgIpc) is 3.40. The highest BCUT2D eigenvalue weighted by molar-refractivity contribution is 6.06. The van der Waals surface area contributed by atoms with Crippen LogP contribution in [0.2, 0.25) is 0 Å². The molecular weight excluding hydrogens is 364 g/mol. The number of carbonyl (C=O) groups excluding carboxylic acids is 2. The molecule has 1 saturated heterocycles. The van der Waals surface area contributed by atoms with Gasteiger partial charge >= 0.3 is 0 Å². The van der Waals surface area contributed by atoms with Gasteiger partial charge in [0.25, 0.3) is 0 Å². The van der Waals surface area contributed by atoms with Crippen LogP contribution in [-0.4, -0.2) is 49.4 Å². The number of likely N-dealkylation sites (tertiary alicyclic amines) is 1. The maximum absolute atomic E-state index is 12.7. The summed E-state index contributed by atoms with van der Waals surface area (Å²) in [5, 5.41) is 6.60. The molecule has 0 aromatic heterocycles. The number of amides is 2. The summed E-state index contributed by atoms with van der Waals surface area (Å²) in [4.78, 5) is 31.2. The van der Waals surface area contributed by atoms with Crippen molar-refractivity contribution in [2.24, 2.45) is 28.7 Å². The number of benzene rings is 1. The van der Waals surface area contributed by atoms with Gasteiger partial charge < -0.3 is 10.6 Å². The maximum atomic E-state index is 12.7. The minimum atomic E-state index is -0.124. The predicted molar refractivity (Wildman–Crippen MR) is 113 cm³/mol. The van der Waals surface area contributed by atoms with Crippen LogP contribution in [0, 0.1) is 23.7 Å². The second kappa shape index (κ2) is 7.65. The van der Waals surface area contributed by atoms with E-state index in [1.807, 2.05) is 18.2 Å². The summed E-state index contributed by atoms with van der Waals surface area (Å²) in [7, 11) is 1.73. The number of rotatable bonds is 6. The molecule has 154 valence electrons. The van der Waals surface area contributed by atoms with E-state index in [-0.39, 0.29) is 40.9 Å². The van der Waals surface area contributed by atoms with Crippen LogP contribution in [-0.2, 0) is 15.0 Å². The monoisotopic (exact) mass is 394 g/mol. The van der Waals surface area contributed by atoms with Crippen LogP contribution >= 0.6 is 0 Å². The van der Waals surface area contributed by atoms with Crippen LogP contribution in [0.5, 0.6) is 0 Å². The Hall–Kier alpha value is -2.63. The van der Waals surface area contributed by atoms with Crippen LogP contribution in [0.1, 0.15) is 25.8 Å². The molecule has 2 aliphatic carbocycles. The summed E-state index contributed by atoms with van der Waals surface area (Å²) in [6.45, 7) is 5.96. The van der Waals surface area contributed by atoms with Gasteiger partial charge in [0.2, 0.25) is 11.8 Å². The van der Waals surface area contributed by atoms with Gasteiger partial charge in [0.15, 0.2) is 5.96 Å². The van der Waals surface area contributed by atoms with Crippen molar-refractivity contribution in [3.63, 3.8) is 0 Å². The largest absolute Gasteiger partial charge is 0.356 e. The van der Waals surface area contributed by atoms with Gasteiger partial charge in [-0.25, -0.2) is 0 Å². The van der Waals surface area contributed by atoms with E-state index in [2.05, 4.69) is 53.8 Å². The number of hydrogen-bond donors (Lipinski definition) is 2. The Morgan fingerprint density at radius 3 is 2.28 bits per heavy atom. The number of aliphatic imine (C=N–C) groups is 1. The lowest BCUT2D eigenvalue weighted by molar-refractivity contribution is -0.140. The molecule has 3 aliphatic rings. The lowest BCUT2D eigenvalue weighted by Gasteiger charge is -2.27. The van der Waals surface area contributed by atoms with Gasteiger partial charge in [-0.15, -0.1) is 0 Å². The van der Waals surface area contributed by atoms with E-state index in [9.17, 15) is 9.59 Å². The maximum Gasteiger partial charge on any atom is 0.233 e. The van der Waals surface area contributed by atoms with E-state index in [0.29, 0.717) is 19.0 Å². The molecular formula is C23H30N4O2. The van der Waals surface area contributed by atoms with Crippen molar-refractivity contribution in [3.8, 4) is 0 Å². The molecule has 2 amide bonds. The number of nitrogens with zero attached hydrogens (tertiary/aromatic N) is 2. The van der Waals surface area contributed by atoms with Crippen LogP contribution in [0.25, 0.3) is 0 Å². The first-order valence-corrected chi connectivity index (χ1v) is 10.5. The minimum Gasteiger partial charge on any atom is -0.356 e. The Bertz CT molecular complexity index is 816. The molecule has 0 radical (unpaired) electrons. The average molecular weight is 395 g/mol. The Labute approximate surface area is 172 Å². The van der Waals surface area contributed by atoms with Crippen molar-refractivity contribution < 1.29 is 9.59 Å². The Kier molecular flexibility index (Phi) is 5.19. The number of carbonyl (C=O) groups is 2. The second-order valence-corrected chi connectivity index (χ2v) is 8.93. The first-order valence-electron chi connectivity index (χ1n) is 10.5. The van der Waals surface area contributed by atoms with Gasteiger partial charge in [0.05, 0.1) is 11.8 Å². The predicted octanol–water partition coefficient (Wildman–Crippen LogP) is 1.94. The van der Waals surface area contributed by atoms with E-state index in [4.69, 9.17) is 0 Å². The van der Waals surface area contributed by atoms with E-state index in [1.54, 1.807) is 7.05 Å². The smallest absolute Gasteiger partial charge is 0.233 e. The molecule has 2 fully saturated rings. The molecule has 0 spiro atoms. The zero-order valence-electron chi connectivity index (χ0n) is 17.4. The highest BCUT2D eigenvalue weighted by Gasteiger charge is 2.58. The lowest BCUT2D eigenvalue weighted by atomic mass is 9.85. The lowest BCUT2D eigenvalue weighted by Crippen LogP contribution is -2.46. The Balaban J connectivity index is 1.28. The van der Waals surface area contributed by atoms with Crippen molar-refractivity contribution in [2.45, 2.75) is 25.7 Å². The van der Waals surface area contributed by atoms with Gasteiger partial charge in [-0.1, -0.05) is 56.3 Å². The number of guanidine groups is 1. The van der Waals surface area contributed by atoms with Crippen molar-refractivity contribution >= 4 is 17.8 Å². The van der Waals surface area contributed by atoms with Crippen molar-refractivity contribution in [1.29, 1.82) is 0 Å². The van der Waals surface area contributed by atoms with Gasteiger partial charge in [-0.2, -0.15) is 0 Å². The fourth-order valence-electron chi connectivity index (χ4n) is 4.99. The first kappa shape index (κ1) is 19.7. The molecule has 29 heavy (non-hydrogen) atoms. The third-order valence-corrected chi connectivity index (χ3v) is 6.67. The van der Waals surface area contributed by atoms with Gasteiger partial charge in [-0.05, 0) is 23.8 Å². The van der Waals surface area contributed by atoms with Crippen LogP contribution < -0.4 is 10.6 Å². The molecule has 1 heterocycles. The van der Waals surface area contributed by atoms with Gasteiger partial charge in [0.1, 0.15) is 0 Å². The molecule has 2 bridgehead atoms. The van der Waals surface area contributed by atoms with Crippen LogP contribution in [0.3, 0.4) is 0 Å². The molecule has 1 aromatic carbocycles. The highest BCUT2D eigenvalue weighted by Crippen LogP contribution is 2.52. The van der Waals surface area contributed by atoms with Crippen molar-refractivity contribution in [3.05, 3.63) is 48.0 Å². The second-order valence-electron chi connectivity index (χ2n) is 8.93. The topological polar surface area (TPSA) is 73.8 Å². The molecule has 4 unspecified atom stereocenters. The zero-order valence-corrected chi connectivity index (χ0v) is 17.4. The molecule has 2 N–H and O–H groups in total. The first-order chi connectivity index (χ1) is 13.9. The Morgan fingerprint density at radius 1 is 1.07 bits per heavy atom. The summed E-state index contributed by atoms with van der Waals surface area (Å²) < 4.78 is 0. The van der Waals surface area contributed by atoms with Gasteiger partial charge in [-0.3, -0.25) is 19.5 Å². The number of imide groups is 1. The molecule has 4 rings (SSSR count). The van der Waals surface area contributed by atoms with E-state index in [0.717, 1.165) is 13.0 Å². The SMILES string of the molecule is CN=C(NCCN1C(=O)C2C3C=CC(C3)C2C1=O)NCC(C)(C)c1ccccc1. The number of hydrogen-bond acceptors (Lipinski definition) is 3. The standard InChI is InChI=1S/C23H30N4O2/c1-23(2,17-7-5-4-6-8-17)14-26-22(24-3)25-11-12-27-20(28)18-15-9-10-16(13-15)19(18)21(27)29/h4-10,15-16,18-19H,11-14H2,1-3H3,(H2,24,25,26). The molecule has 1 saturated carbocycles. The number of fused-ring (bicyclic) bond motifs is 5. The normalized spacial score (nSPS) is 28.2. The van der Waals surface area contributed by atoms with Crippen LogP contribution in [0.4, 0.5) is 0 Å². The molecule has 1 aliphatic heterocycles. The highest BCUT2D eigenvalue weighted by atomic mass is 16.2. The molecule has 6 nitrogen and oxygen atoms in total. The fourth-order valence-corrected chi connectivity index (χ4v) is 4.99. The van der Waals surface area contributed by atoms with Crippen molar-refractivity contribution in [2.75, 3.05) is 26.7 Å². The van der Waals surface area contributed by atoms with E-state index in [1.165, 1.54) is 10.5 Å². The molecule has 4 atom stereocenters. The fraction of sp³-hybridized carbons (Fsp3) is 0.522. The van der Waals surface area contributed by atoms with Crippen molar-refractivity contribution in [1.82, 2.24) is 15.5 Å². The molecule has 1 aromatic rings. The summed E-state index contributed by atoms with van der Waals surface area (Å²) in [5.74, 6) is 0.958. The van der Waals surface area contributed by atoms with Crippen LogP contribution in [0.15, 0.2) is 47.5 Å². The zero-order chi connectivity index (χ0) is 20.6. The summed E-state index contributed by atoms with van der Waals surface area (Å²) in [6, 6.07) is 10.4. The minimum absolute atomic E-state index is 0.00630. The quantitative estimate of drug-likeness (QED) is 0.335. The third kappa shape index (κ3) is 3.56. The van der Waals surface area contributed by atoms with E-state index >= 15 is 0 Å². The van der Waals surface area contributed by atoms with Gasteiger partial charge in [0, 0.05) is 32.1 Å². The molecule has 6 heteroatoms. The summed E-state index contributed by atoms with van der Waals surface area (Å²) >= 11 is 0. The van der Waals surface area contributed by atoms with E-state index < -0.39 is 0 Å². The Morgan fingerprint density at radius 2 is 1.69 bits per heavy atom.